The smallest absolute Gasteiger partial charge is 0.263 e. The molecule has 0 aliphatic carbocycles. The largest absolute Gasteiger partial charge is 0.491 e. The first-order chi connectivity index (χ1) is 12.1. The Kier molecular flexibility index (Phi) is 4.19. The number of imidazole rings is 1. The van der Waals surface area contributed by atoms with E-state index in [9.17, 15) is 4.79 Å². The highest BCUT2D eigenvalue weighted by Gasteiger charge is 2.18. The van der Waals surface area contributed by atoms with E-state index in [1.807, 2.05) is 53.2 Å². The number of likely N-dealkylation sites (N-methyl/N-ethyl adjacent to an activating group) is 1. The normalized spacial score (nSPS) is 11.3. The van der Waals surface area contributed by atoms with Gasteiger partial charge in [-0.25, -0.2) is 4.98 Å². The number of thiazole rings is 1. The number of para-hydroxylation sites is 1. The van der Waals surface area contributed by atoms with Gasteiger partial charge in [0.1, 0.15) is 17.2 Å². The van der Waals surface area contributed by atoms with Crippen molar-refractivity contribution in [1.82, 2.24) is 14.3 Å². The zero-order chi connectivity index (χ0) is 17.4. The first kappa shape index (κ1) is 16.1. The summed E-state index contributed by atoms with van der Waals surface area (Å²) in [5.41, 5.74) is 2.09. The number of thiophene rings is 1. The Balaban J connectivity index is 1.43. The third-order valence-electron chi connectivity index (χ3n) is 4.08. The van der Waals surface area contributed by atoms with Crippen molar-refractivity contribution in [3.05, 3.63) is 52.3 Å². The summed E-state index contributed by atoms with van der Waals surface area (Å²) in [6.07, 6.45) is 1.98. The molecule has 5 nitrogen and oxygen atoms in total. The number of aryl methyl sites for hydroxylation is 1. The molecule has 7 heteroatoms. The zero-order valence-corrected chi connectivity index (χ0v) is 15.6. The molecule has 0 fully saturated rings. The van der Waals surface area contributed by atoms with Crippen molar-refractivity contribution < 1.29 is 9.53 Å². The van der Waals surface area contributed by atoms with Gasteiger partial charge in [-0.1, -0.05) is 18.2 Å². The molecular formula is C18H17N3O2S2. The summed E-state index contributed by atoms with van der Waals surface area (Å²) in [5, 5.41) is 2.00. The molecule has 1 aromatic carbocycles. The van der Waals surface area contributed by atoms with Crippen LogP contribution in [0.2, 0.25) is 0 Å². The Morgan fingerprint density at radius 3 is 3.04 bits per heavy atom. The predicted octanol–water partition coefficient (Wildman–Crippen LogP) is 4.07. The first-order valence-electron chi connectivity index (χ1n) is 7.92. The van der Waals surface area contributed by atoms with Gasteiger partial charge in [0.25, 0.3) is 5.91 Å². The molecule has 128 valence electrons. The van der Waals surface area contributed by atoms with Gasteiger partial charge >= 0.3 is 0 Å². The number of fused-ring (bicyclic) bond motifs is 3. The maximum absolute atomic E-state index is 12.6. The van der Waals surface area contributed by atoms with Crippen LogP contribution in [-0.2, 0) is 0 Å². The molecule has 0 saturated carbocycles. The Morgan fingerprint density at radius 1 is 1.36 bits per heavy atom. The quantitative estimate of drug-likeness (QED) is 0.531. The molecule has 0 radical (unpaired) electrons. The van der Waals surface area contributed by atoms with E-state index in [1.54, 1.807) is 23.3 Å². The molecule has 25 heavy (non-hydrogen) atoms. The molecule has 0 N–H and O–H groups in total. The Hall–Kier alpha value is -2.38. The van der Waals surface area contributed by atoms with Crippen molar-refractivity contribution >= 4 is 43.9 Å². The summed E-state index contributed by atoms with van der Waals surface area (Å²) in [5.74, 6) is 0.860. The molecule has 3 heterocycles. The van der Waals surface area contributed by atoms with E-state index in [1.165, 1.54) is 11.3 Å². The van der Waals surface area contributed by atoms with Crippen LogP contribution in [-0.4, -0.2) is 40.4 Å². The molecule has 0 atom stereocenters. The van der Waals surface area contributed by atoms with Crippen LogP contribution in [0.4, 0.5) is 0 Å². The van der Waals surface area contributed by atoms with E-state index >= 15 is 0 Å². The minimum absolute atomic E-state index is 0.000336. The molecule has 0 unspecified atom stereocenters. The van der Waals surface area contributed by atoms with Crippen molar-refractivity contribution in [2.24, 2.45) is 0 Å². The highest BCUT2D eigenvalue weighted by atomic mass is 32.1. The molecular weight excluding hydrogens is 354 g/mol. The Morgan fingerprint density at radius 2 is 2.20 bits per heavy atom. The third kappa shape index (κ3) is 3.01. The van der Waals surface area contributed by atoms with Gasteiger partial charge < -0.3 is 9.64 Å². The summed E-state index contributed by atoms with van der Waals surface area (Å²) < 4.78 is 7.80. The van der Waals surface area contributed by atoms with Gasteiger partial charge in [0, 0.05) is 18.6 Å². The van der Waals surface area contributed by atoms with Gasteiger partial charge in [0.05, 0.1) is 16.9 Å². The minimum atomic E-state index is 0.000336. The van der Waals surface area contributed by atoms with Crippen molar-refractivity contribution in [3.8, 4) is 5.75 Å². The van der Waals surface area contributed by atoms with Crippen LogP contribution >= 0.6 is 22.7 Å². The highest BCUT2D eigenvalue weighted by molar-refractivity contribution is 7.21. The molecule has 3 aromatic heterocycles. The number of hydrogen-bond acceptors (Lipinski definition) is 5. The lowest BCUT2D eigenvalue weighted by Gasteiger charge is -2.17. The van der Waals surface area contributed by atoms with Gasteiger partial charge in [0.15, 0.2) is 4.96 Å². The van der Waals surface area contributed by atoms with Gasteiger partial charge in [0.2, 0.25) is 0 Å². The number of benzene rings is 1. The lowest BCUT2D eigenvalue weighted by atomic mass is 10.2. The Bertz CT molecular complexity index is 1050. The highest BCUT2D eigenvalue weighted by Crippen LogP contribution is 2.28. The fraction of sp³-hybridized carbons (Fsp3) is 0.222. The summed E-state index contributed by atoms with van der Waals surface area (Å²) >= 11 is 3.03. The molecule has 0 spiro atoms. The number of aromatic nitrogens is 2. The van der Waals surface area contributed by atoms with Crippen LogP contribution in [0.15, 0.2) is 41.9 Å². The SMILES string of the molecule is Cc1ccccc1OCCN(C)C(=O)c1cc2c(nc3sccn32)s1. The number of hydrogen-bond donors (Lipinski definition) is 0. The van der Waals surface area contributed by atoms with Crippen LogP contribution in [0.25, 0.3) is 15.3 Å². The van der Waals surface area contributed by atoms with E-state index in [0.29, 0.717) is 18.0 Å². The van der Waals surface area contributed by atoms with Crippen LogP contribution in [0.1, 0.15) is 15.2 Å². The topological polar surface area (TPSA) is 46.8 Å². The summed E-state index contributed by atoms with van der Waals surface area (Å²) in [7, 11) is 1.80. The molecule has 1 amide bonds. The zero-order valence-electron chi connectivity index (χ0n) is 13.9. The maximum atomic E-state index is 12.6. The lowest BCUT2D eigenvalue weighted by molar-refractivity contribution is 0.0778. The lowest BCUT2D eigenvalue weighted by Crippen LogP contribution is -2.30. The fourth-order valence-electron chi connectivity index (χ4n) is 2.65. The van der Waals surface area contributed by atoms with Crippen molar-refractivity contribution in [3.63, 3.8) is 0 Å². The van der Waals surface area contributed by atoms with E-state index in [0.717, 1.165) is 26.6 Å². The summed E-state index contributed by atoms with van der Waals surface area (Å²) in [6.45, 7) is 3.01. The molecule has 4 rings (SSSR count). The second-order valence-corrected chi connectivity index (χ2v) is 7.71. The van der Waals surface area contributed by atoms with E-state index in [4.69, 9.17) is 4.74 Å². The third-order valence-corrected chi connectivity index (χ3v) is 5.84. The van der Waals surface area contributed by atoms with Crippen LogP contribution < -0.4 is 4.74 Å². The van der Waals surface area contributed by atoms with Crippen molar-refractivity contribution in [2.45, 2.75) is 6.92 Å². The summed E-state index contributed by atoms with van der Waals surface area (Å²) in [4.78, 5) is 21.5. The van der Waals surface area contributed by atoms with Crippen molar-refractivity contribution in [1.29, 1.82) is 0 Å². The van der Waals surface area contributed by atoms with Gasteiger partial charge in [-0.15, -0.1) is 22.7 Å². The van der Waals surface area contributed by atoms with Gasteiger partial charge in [-0.3, -0.25) is 9.20 Å². The minimum Gasteiger partial charge on any atom is -0.491 e. The fourth-order valence-corrected chi connectivity index (χ4v) is 4.45. The molecule has 0 aliphatic rings. The van der Waals surface area contributed by atoms with E-state index in [-0.39, 0.29) is 5.91 Å². The molecule has 0 bridgehead atoms. The number of nitrogens with zero attached hydrogens (tertiary/aromatic N) is 3. The van der Waals surface area contributed by atoms with Crippen LogP contribution in [0.5, 0.6) is 5.75 Å². The van der Waals surface area contributed by atoms with Crippen LogP contribution in [0.3, 0.4) is 0 Å². The van der Waals surface area contributed by atoms with Crippen LogP contribution in [0, 0.1) is 6.92 Å². The average molecular weight is 371 g/mol. The standard InChI is InChI=1S/C18H17N3O2S2/c1-12-5-3-4-6-14(12)23-9-7-20(2)17(22)15-11-13-16(25-15)19-18-21(13)8-10-24-18/h3-6,8,10-11H,7,9H2,1-2H3. The molecule has 0 saturated heterocycles. The Labute approximate surface area is 153 Å². The second kappa shape index (κ2) is 6.50. The maximum Gasteiger partial charge on any atom is 0.263 e. The second-order valence-electron chi connectivity index (χ2n) is 5.81. The van der Waals surface area contributed by atoms with E-state index < -0.39 is 0 Å². The number of ether oxygens (including phenoxy) is 1. The van der Waals surface area contributed by atoms with Crippen molar-refractivity contribution in [2.75, 3.05) is 20.2 Å². The number of carbonyl (C=O) groups excluding carboxylic acids is 1. The average Bonchev–Trinajstić information content (AvgIpc) is 3.27. The molecule has 0 aliphatic heterocycles. The molecule has 4 aromatic rings. The number of amides is 1. The van der Waals surface area contributed by atoms with Gasteiger partial charge in [-0.2, -0.15) is 0 Å². The summed E-state index contributed by atoms with van der Waals surface area (Å²) in [6, 6.07) is 9.81. The predicted molar refractivity (Wildman–Crippen MR) is 102 cm³/mol. The van der Waals surface area contributed by atoms with Gasteiger partial charge in [-0.05, 0) is 24.6 Å². The number of carbonyl (C=O) groups is 1. The monoisotopic (exact) mass is 371 g/mol. The number of rotatable bonds is 5. The first-order valence-corrected chi connectivity index (χ1v) is 9.62. The van der Waals surface area contributed by atoms with E-state index in [2.05, 4.69) is 4.98 Å².